The highest BCUT2D eigenvalue weighted by Crippen LogP contribution is 2.42. The lowest BCUT2D eigenvalue weighted by Gasteiger charge is -2.29. The SMILES string of the molecule is Cc1c(Br)nc(C2CCC(c3ccc(F)cc3)CC2)n1CC1CC1.Oc1ccccc1. The molecule has 1 heterocycles. The van der Waals surface area contributed by atoms with Crippen LogP contribution in [0, 0.1) is 18.7 Å². The highest BCUT2D eigenvalue weighted by Gasteiger charge is 2.30. The molecule has 31 heavy (non-hydrogen) atoms. The Morgan fingerprint density at radius 3 is 2.10 bits per heavy atom. The quantitative estimate of drug-likeness (QED) is 0.420. The number of hydrogen-bond donors (Lipinski definition) is 1. The van der Waals surface area contributed by atoms with E-state index in [1.807, 2.05) is 18.2 Å². The Morgan fingerprint density at radius 1 is 0.935 bits per heavy atom. The van der Waals surface area contributed by atoms with Crippen molar-refractivity contribution in [2.75, 3.05) is 0 Å². The summed E-state index contributed by atoms with van der Waals surface area (Å²) in [5.74, 6) is 3.45. The number of halogens is 2. The minimum atomic E-state index is -0.144. The van der Waals surface area contributed by atoms with E-state index in [1.165, 1.54) is 55.6 Å². The third-order valence-corrected chi connectivity index (χ3v) is 7.27. The topological polar surface area (TPSA) is 38.0 Å². The Morgan fingerprint density at radius 2 is 1.55 bits per heavy atom. The highest BCUT2D eigenvalue weighted by atomic mass is 79.9. The summed E-state index contributed by atoms with van der Waals surface area (Å²) in [5, 5.41) is 8.63. The van der Waals surface area contributed by atoms with Crippen LogP contribution < -0.4 is 0 Å². The Balaban J connectivity index is 0.000000282. The molecule has 1 N–H and O–H groups in total. The standard InChI is InChI=1S/C20H24BrFN2.C6H6O/c1-13-19(21)23-20(24(13)12-14-2-3-14)17-6-4-15(5-7-17)16-8-10-18(22)11-9-16;7-6-4-2-1-3-5-6/h8-11,14-15,17H,2-7,12H2,1H3;1-5,7H. The first-order chi connectivity index (χ1) is 15.0. The van der Waals surface area contributed by atoms with Crippen LogP contribution in [0.3, 0.4) is 0 Å². The van der Waals surface area contributed by atoms with E-state index in [4.69, 9.17) is 10.1 Å². The first-order valence-corrected chi connectivity index (χ1v) is 12.0. The highest BCUT2D eigenvalue weighted by molar-refractivity contribution is 9.10. The second-order valence-electron chi connectivity index (χ2n) is 8.84. The van der Waals surface area contributed by atoms with Crippen molar-refractivity contribution in [3.8, 4) is 5.75 Å². The van der Waals surface area contributed by atoms with Crippen LogP contribution in [-0.2, 0) is 6.54 Å². The number of phenols is 1. The van der Waals surface area contributed by atoms with E-state index < -0.39 is 0 Å². The third kappa shape index (κ3) is 5.76. The Bertz CT molecular complexity index is 975. The summed E-state index contributed by atoms with van der Waals surface area (Å²) in [7, 11) is 0. The van der Waals surface area contributed by atoms with E-state index in [9.17, 15) is 4.39 Å². The molecule has 5 rings (SSSR count). The number of aromatic nitrogens is 2. The summed E-state index contributed by atoms with van der Waals surface area (Å²) >= 11 is 3.63. The maximum absolute atomic E-state index is 13.1. The number of nitrogens with zero attached hydrogens (tertiary/aromatic N) is 2. The molecular weight excluding hydrogens is 455 g/mol. The summed E-state index contributed by atoms with van der Waals surface area (Å²) < 4.78 is 16.6. The number of hydrogen-bond acceptors (Lipinski definition) is 2. The van der Waals surface area contributed by atoms with Gasteiger partial charge in [0.1, 0.15) is 22.0 Å². The molecule has 164 valence electrons. The summed E-state index contributed by atoms with van der Waals surface area (Å²) in [6.45, 7) is 3.31. The van der Waals surface area contributed by atoms with Crippen molar-refractivity contribution in [3.63, 3.8) is 0 Å². The molecule has 0 saturated heterocycles. The number of para-hydroxylation sites is 1. The maximum atomic E-state index is 13.1. The van der Waals surface area contributed by atoms with Gasteiger partial charge in [-0.25, -0.2) is 9.37 Å². The van der Waals surface area contributed by atoms with E-state index in [-0.39, 0.29) is 5.82 Å². The van der Waals surface area contributed by atoms with Gasteiger partial charge in [0.05, 0.1) is 0 Å². The van der Waals surface area contributed by atoms with Gasteiger partial charge < -0.3 is 9.67 Å². The number of imidazole rings is 1. The van der Waals surface area contributed by atoms with Crippen LogP contribution in [0.4, 0.5) is 4.39 Å². The van der Waals surface area contributed by atoms with Crippen molar-refractivity contribution in [2.24, 2.45) is 5.92 Å². The molecule has 5 heteroatoms. The van der Waals surface area contributed by atoms with Gasteiger partial charge in [-0.1, -0.05) is 30.3 Å². The van der Waals surface area contributed by atoms with Gasteiger partial charge in [-0.3, -0.25) is 0 Å². The van der Waals surface area contributed by atoms with Crippen molar-refractivity contribution < 1.29 is 9.50 Å². The monoisotopic (exact) mass is 484 g/mol. The van der Waals surface area contributed by atoms with E-state index in [0.29, 0.717) is 17.6 Å². The number of phenolic OH excluding ortho intramolecular Hbond substituents is 1. The van der Waals surface area contributed by atoms with E-state index in [1.54, 1.807) is 36.4 Å². The molecule has 0 spiro atoms. The summed E-state index contributed by atoms with van der Waals surface area (Å²) in [6, 6.07) is 15.8. The Hall–Kier alpha value is -2.14. The fourth-order valence-corrected chi connectivity index (χ4v) is 4.87. The van der Waals surface area contributed by atoms with Crippen molar-refractivity contribution in [2.45, 2.75) is 63.8 Å². The molecule has 0 radical (unpaired) electrons. The number of benzene rings is 2. The molecule has 2 aliphatic rings. The minimum absolute atomic E-state index is 0.144. The van der Waals surface area contributed by atoms with Crippen LogP contribution in [0.25, 0.3) is 0 Å². The van der Waals surface area contributed by atoms with Gasteiger partial charge in [0.25, 0.3) is 0 Å². The predicted octanol–water partition coefficient (Wildman–Crippen LogP) is 7.34. The summed E-state index contributed by atoms with van der Waals surface area (Å²) in [4.78, 5) is 4.85. The van der Waals surface area contributed by atoms with Crippen LogP contribution in [0.15, 0.2) is 59.2 Å². The van der Waals surface area contributed by atoms with E-state index >= 15 is 0 Å². The lowest BCUT2D eigenvalue weighted by atomic mass is 9.78. The molecule has 3 nitrogen and oxygen atoms in total. The van der Waals surface area contributed by atoms with E-state index in [0.717, 1.165) is 17.1 Å². The zero-order valence-corrected chi connectivity index (χ0v) is 19.6. The van der Waals surface area contributed by atoms with Gasteiger partial charge in [0, 0.05) is 18.2 Å². The molecule has 2 saturated carbocycles. The zero-order chi connectivity index (χ0) is 21.8. The smallest absolute Gasteiger partial charge is 0.127 e. The molecule has 2 aromatic carbocycles. The average Bonchev–Trinajstić information content (AvgIpc) is 3.57. The molecule has 0 amide bonds. The van der Waals surface area contributed by atoms with Crippen LogP contribution in [0.1, 0.15) is 67.4 Å². The van der Waals surface area contributed by atoms with Crippen LogP contribution >= 0.6 is 15.9 Å². The van der Waals surface area contributed by atoms with Gasteiger partial charge in [-0.15, -0.1) is 0 Å². The molecule has 0 unspecified atom stereocenters. The molecule has 2 fully saturated rings. The van der Waals surface area contributed by atoms with Gasteiger partial charge in [-0.05, 0) is 103 Å². The fraction of sp³-hybridized carbons (Fsp3) is 0.423. The van der Waals surface area contributed by atoms with Gasteiger partial charge in [0.2, 0.25) is 0 Å². The van der Waals surface area contributed by atoms with Crippen molar-refractivity contribution in [1.82, 2.24) is 9.55 Å². The van der Waals surface area contributed by atoms with Crippen LogP contribution in [0.5, 0.6) is 5.75 Å². The minimum Gasteiger partial charge on any atom is -0.508 e. The Kier molecular flexibility index (Phi) is 7.11. The molecule has 0 aliphatic heterocycles. The summed E-state index contributed by atoms with van der Waals surface area (Å²) in [5.41, 5.74) is 2.56. The Labute approximate surface area is 192 Å². The van der Waals surface area contributed by atoms with Crippen LogP contribution in [-0.4, -0.2) is 14.7 Å². The molecule has 1 aromatic heterocycles. The van der Waals surface area contributed by atoms with Crippen LogP contribution in [0.2, 0.25) is 0 Å². The lowest BCUT2D eigenvalue weighted by molar-refractivity contribution is 0.373. The van der Waals surface area contributed by atoms with Crippen molar-refractivity contribution in [3.05, 3.63) is 82.1 Å². The maximum Gasteiger partial charge on any atom is 0.127 e. The first-order valence-electron chi connectivity index (χ1n) is 11.2. The lowest BCUT2D eigenvalue weighted by Crippen LogP contribution is -2.17. The van der Waals surface area contributed by atoms with Crippen molar-refractivity contribution in [1.29, 1.82) is 0 Å². The second-order valence-corrected chi connectivity index (χ2v) is 9.59. The third-order valence-electron chi connectivity index (χ3n) is 6.52. The molecule has 0 atom stereocenters. The molecule has 3 aromatic rings. The first kappa shape index (κ1) is 22.1. The van der Waals surface area contributed by atoms with E-state index in [2.05, 4.69) is 27.4 Å². The second kappa shape index (κ2) is 9.99. The molecule has 0 bridgehead atoms. The zero-order valence-electron chi connectivity index (χ0n) is 18.0. The normalized spacial score (nSPS) is 20.7. The van der Waals surface area contributed by atoms with Gasteiger partial charge in [0.15, 0.2) is 0 Å². The number of rotatable bonds is 4. The fourth-order valence-electron chi connectivity index (χ4n) is 4.47. The average molecular weight is 485 g/mol. The van der Waals surface area contributed by atoms with Gasteiger partial charge in [-0.2, -0.15) is 0 Å². The largest absolute Gasteiger partial charge is 0.508 e. The predicted molar refractivity (Wildman–Crippen MR) is 126 cm³/mol. The van der Waals surface area contributed by atoms with Crippen molar-refractivity contribution >= 4 is 15.9 Å². The van der Waals surface area contributed by atoms with Gasteiger partial charge >= 0.3 is 0 Å². The molecular formula is C26H30BrFN2O. The summed E-state index contributed by atoms with van der Waals surface area (Å²) in [6.07, 6.45) is 7.43. The molecule has 2 aliphatic carbocycles. The number of aromatic hydroxyl groups is 1.